The average Bonchev–Trinajstić information content (AvgIpc) is 3.28. The maximum Gasteiger partial charge on any atom is 0.227 e. The van der Waals surface area contributed by atoms with E-state index in [-0.39, 0.29) is 11.8 Å². The van der Waals surface area contributed by atoms with Crippen molar-refractivity contribution in [3.05, 3.63) is 35.7 Å². The zero-order valence-corrected chi connectivity index (χ0v) is 18.6. The number of piperazine rings is 1. The first-order valence-electron chi connectivity index (χ1n) is 11.0. The number of carbonyl (C=O) groups is 1. The molecule has 0 unspecified atom stereocenters. The van der Waals surface area contributed by atoms with Crippen LogP contribution in [0.4, 0.5) is 11.8 Å². The number of fused-ring (bicyclic) bond motifs is 1. The van der Waals surface area contributed by atoms with E-state index in [9.17, 15) is 4.79 Å². The first-order valence-corrected chi connectivity index (χ1v) is 11.8. The van der Waals surface area contributed by atoms with Crippen LogP contribution in [0.5, 0.6) is 0 Å². The van der Waals surface area contributed by atoms with Crippen molar-refractivity contribution in [1.82, 2.24) is 24.8 Å². The third kappa shape index (κ3) is 4.06. The minimum atomic E-state index is 0.0163. The van der Waals surface area contributed by atoms with E-state index in [1.165, 1.54) is 4.88 Å². The van der Waals surface area contributed by atoms with E-state index in [2.05, 4.69) is 42.7 Å². The van der Waals surface area contributed by atoms with Crippen molar-refractivity contribution in [3.63, 3.8) is 0 Å². The zero-order chi connectivity index (χ0) is 21.2. The number of carbonyl (C=O) groups excluding carboxylic acids is 1. The van der Waals surface area contributed by atoms with Gasteiger partial charge in [-0.05, 0) is 31.4 Å². The molecule has 0 N–H and O–H groups in total. The zero-order valence-electron chi connectivity index (χ0n) is 17.8. The van der Waals surface area contributed by atoms with Crippen LogP contribution in [0, 0.1) is 5.92 Å². The van der Waals surface area contributed by atoms with Crippen molar-refractivity contribution in [2.24, 2.45) is 5.92 Å². The lowest BCUT2D eigenvalue weighted by Crippen LogP contribution is -2.53. The first-order chi connectivity index (χ1) is 15.2. The molecule has 9 heteroatoms. The molecule has 2 aliphatic rings. The van der Waals surface area contributed by atoms with Crippen molar-refractivity contribution in [3.8, 4) is 0 Å². The summed E-state index contributed by atoms with van der Waals surface area (Å²) in [6.07, 6.45) is 8.13. The first kappa shape index (κ1) is 20.1. The van der Waals surface area contributed by atoms with Gasteiger partial charge in [-0.3, -0.25) is 4.79 Å². The Morgan fingerprint density at radius 2 is 1.87 bits per heavy atom. The topological polar surface area (TPSA) is 78.4 Å². The molecule has 162 valence electrons. The number of amides is 1. The molecule has 5 heterocycles. The van der Waals surface area contributed by atoms with E-state index >= 15 is 0 Å². The number of thiophene rings is 1. The smallest absolute Gasteiger partial charge is 0.227 e. The normalized spacial score (nSPS) is 19.8. The molecule has 2 aliphatic heterocycles. The number of hydrogen-bond donors (Lipinski definition) is 0. The molecule has 0 aliphatic carbocycles. The molecule has 5 rings (SSSR count). The van der Waals surface area contributed by atoms with Gasteiger partial charge in [0.2, 0.25) is 11.9 Å². The standard InChI is InChI=1S/C22H27N7OS/c1-2-17-13-18-19(25-15-26-20(18)31-17)29-8-3-5-16(14-29)21(30)27-9-11-28(12-10-27)22-23-6-4-7-24-22/h4,6-7,13,15-16H,2-3,5,8-12,14H2,1H3/t16-/m0/s1. The van der Waals surface area contributed by atoms with E-state index in [4.69, 9.17) is 0 Å². The van der Waals surface area contributed by atoms with E-state index in [0.717, 1.165) is 80.5 Å². The maximum atomic E-state index is 13.3. The highest BCUT2D eigenvalue weighted by molar-refractivity contribution is 7.18. The van der Waals surface area contributed by atoms with Gasteiger partial charge in [-0.25, -0.2) is 19.9 Å². The van der Waals surface area contributed by atoms with E-state index in [1.807, 2.05) is 11.0 Å². The second kappa shape index (κ2) is 8.74. The predicted octanol–water partition coefficient (Wildman–Crippen LogP) is 2.61. The number of rotatable bonds is 4. The maximum absolute atomic E-state index is 13.3. The number of nitrogens with zero attached hydrogens (tertiary/aromatic N) is 7. The lowest BCUT2D eigenvalue weighted by molar-refractivity contribution is -0.136. The van der Waals surface area contributed by atoms with Crippen LogP contribution in [-0.2, 0) is 11.2 Å². The summed E-state index contributed by atoms with van der Waals surface area (Å²) < 4.78 is 0. The summed E-state index contributed by atoms with van der Waals surface area (Å²) in [6, 6.07) is 4.04. The SMILES string of the molecule is CCc1cc2c(N3CCC[C@H](C(=O)N4CCN(c5ncccn5)CC4)C3)ncnc2s1. The summed E-state index contributed by atoms with van der Waals surface area (Å²) in [5.74, 6) is 2.00. The lowest BCUT2D eigenvalue weighted by atomic mass is 9.96. The molecule has 8 nitrogen and oxygen atoms in total. The average molecular weight is 438 g/mol. The summed E-state index contributed by atoms with van der Waals surface area (Å²) in [4.78, 5) is 39.8. The van der Waals surface area contributed by atoms with Crippen LogP contribution in [0.2, 0.25) is 0 Å². The van der Waals surface area contributed by atoms with E-state index in [1.54, 1.807) is 30.1 Å². The molecule has 0 radical (unpaired) electrons. The van der Waals surface area contributed by atoms with Crippen LogP contribution in [0.3, 0.4) is 0 Å². The van der Waals surface area contributed by atoms with Gasteiger partial charge in [-0.2, -0.15) is 0 Å². The minimum absolute atomic E-state index is 0.0163. The van der Waals surface area contributed by atoms with Crippen molar-refractivity contribution >= 4 is 39.2 Å². The summed E-state index contributed by atoms with van der Waals surface area (Å²) in [7, 11) is 0. The van der Waals surface area contributed by atoms with Gasteiger partial charge >= 0.3 is 0 Å². The van der Waals surface area contributed by atoms with Gasteiger partial charge in [0.25, 0.3) is 0 Å². The predicted molar refractivity (Wildman–Crippen MR) is 123 cm³/mol. The van der Waals surface area contributed by atoms with Gasteiger partial charge in [-0.1, -0.05) is 6.92 Å². The molecule has 1 atom stereocenters. The van der Waals surface area contributed by atoms with Gasteiger partial charge in [0.05, 0.1) is 11.3 Å². The molecule has 0 saturated carbocycles. The molecule has 0 aromatic carbocycles. The van der Waals surface area contributed by atoms with Gasteiger partial charge in [0, 0.05) is 56.5 Å². The Morgan fingerprint density at radius 3 is 2.65 bits per heavy atom. The molecule has 0 bridgehead atoms. The monoisotopic (exact) mass is 437 g/mol. The molecule has 31 heavy (non-hydrogen) atoms. The number of aryl methyl sites for hydroxylation is 1. The third-order valence-corrected chi connectivity index (χ3v) is 7.39. The van der Waals surface area contributed by atoms with Gasteiger partial charge < -0.3 is 14.7 Å². The van der Waals surface area contributed by atoms with Crippen molar-refractivity contribution in [1.29, 1.82) is 0 Å². The second-order valence-electron chi connectivity index (χ2n) is 8.13. The molecular weight excluding hydrogens is 410 g/mol. The van der Waals surface area contributed by atoms with Crippen molar-refractivity contribution in [2.45, 2.75) is 26.2 Å². The Balaban J connectivity index is 1.26. The fourth-order valence-electron chi connectivity index (χ4n) is 4.53. The Bertz CT molecular complexity index is 1050. The van der Waals surface area contributed by atoms with Crippen LogP contribution in [0.1, 0.15) is 24.6 Å². The van der Waals surface area contributed by atoms with Crippen molar-refractivity contribution < 1.29 is 4.79 Å². The van der Waals surface area contributed by atoms with Crippen LogP contribution in [0.25, 0.3) is 10.2 Å². The molecule has 3 aromatic rings. The summed E-state index contributed by atoms with van der Waals surface area (Å²) in [5, 5.41) is 1.12. The summed E-state index contributed by atoms with van der Waals surface area (Å²) >= 11 is 1.74. The fraction of sp³-hybridized carbons (Fsp3) is 0.500. The highest BCUT2D eigenvalue weighted by Crippen LogP contribution is 2.33. The van der Waals surface area contributed by atoms with Gasteiger partial charge in [0.15, 0.2) is 0 Å². The largest absolute Gasteiger partial charge is 0.355 e. The van der Waals surface area contributed by atoms with E-state index in [0.29, 0.717) is 0 Å². The summed E-state index contributed by atoms with van der Waals surface area (Å²) in [5.41, 5.74) is 0. The van der Waals surface area contributed by atoms with Crippen LogP contribution in [0.15, 0.2) is 30.9 Å². The number of anilines is 2. The van der Waals surface area contributed by atoms with Crippen LogP contribution >= 0.6 is 11.3 Å². The van der Waals surface area contributed by atoms with Crippen LogP contribution in [-0.4, -0.2) is 70.0 Å². The highest BCUT2D eigenvalue weighted by atomic mass is 32.1. The quantitative estimate of drug-likeness (QED) is 0.621. The second-order valence-corrected chi connectivity index (χ2v) is 9.24. The number of aromatic nitrogens is 4. The Kier molecular flexibility index (Phi) is 5.67. The molecule has 2 saturated heterocycles. The molecule has 3 aromatic heterocycles. The molecule has 1 amide bonds. The van der Waals surface area contributed by atoms with Crippen LogP contribution < -0.4 is 9.80 Å². The fourth-order valence-corrected chi connectivity index (χ4v) is 5.46. The Labute approximate surface area is 185 Å². The third-order valence-electron chi connectivity index (χ3n) is 6.20. The summed E-state index contributed by atoms with van der Waals surface area (Å²) in [6.45, 7) is 6.81. The van der Waals surface area contributed by atoms with Gasteiger partial charge in [-0.15, -0.1) is 11.3 Å². The van der Waals surface area contributed by atoms with E-state index < -0.39 is 0 Å². The molecule has 0 spiro atoms. The molecular formula is C22H27N7OS. The van der Waals surface area contributed by atoms with Crippen molar-refractivity contribution in [2.75, 3.05) is 49.1 Å². The Hall–Kier alpha value is -2.81. The number of piperidine rings is 1. The highest BCUT2D eigenvalue weighted by Gasteiger charge is 2.32. The lowest BCUT2D eigenvalue weighted by Gasteiger charge is -2.39. The Morgan fingerprint density at radius 1 is 1.06 bits per heavy atom. The minimum Gasteiger partial charge on any atom is -0.355 e. The molecule has 2 fully saturated rings. The van der Waals surface area contributed by atoms with Gasteiger partial charge in [0.1, 0.15) is 17.0 Å². The number of hydrogen-bond acceptors (Lipinski definition) is 8.